The maximum atomic E-state index is 13.6. The van der Waals surface area contributed by atoms with Gasteiger partial charge in [-0.25, -0.2) is 4.79 Å². The number of ether oxygens (including phenoxy) is 3. The molecule has 164 valence electrons. The summed E-state index contributed by atoms with van der Waals surface area (Å²) in [6.07, 6.45) is 2.86. The van der Waals surface area contributed by atoms with Crippen LogP contribution in [-0.2, 0) is 16.1 Å². The lowest BCUT2D eigenvalue weighted by atomic mass is 9.92. The molecular formula is C24H23N3O5. The first kappa shape index (κ1) is 20.2. The van der Waals surface area contributed by atoms with E-state index in [1.54, 1.807) is 16.7 Å². The van der Waals surface area contributed by atoms with Gasteiger partial charge in [0.1, 0.15) is 6.10 Å². The minimum atomic E-state index is -0.269. The Kier molecular flexibility index (Phi) is 5.10. The van der Waals surface area contributed by atoms with Crippen LogP contribution in [0.4, 0.5) is 0 Å². The monoisotopic (exact) mass is 433 g/mol. The fourth-order valence-electron chi connectivity index (χ4n) is 4.73. The first-order valence-corrected chi connectivity index (χ1v) is 10.7. The van der Waals surface area contributed by atoms with E-state index in [-0.39, 0.29) is 30.6 Å². The molecule has 32 heavy (non-hydrogen) atoms. The molecule has 0 N–H and O–H groups in total. The molecule has 1 aliphatic carbocycles. The summed E-state index contributed by atoms with van der Waals surface area (Å²) in [6, 6.07) is 13.2. The van der Waals surface area contributed by atoms with Gasteiger partial charge in [-0.3, -0.25) is 13.9 Å². The first-order chi connectivity index (χ1) is 15.5. The number of hydrogen-bond donors (Lipinski definition) is 0. The van der Waals surface area contributed by atoms with E-state index in [0.717, 1.165) is 42.3 Å². The predicted molar refractivity (Wildman–Crippen MR) is 116 cm³/mol. The smallest absolute Gasteiger partial charge is 0.329 e. The lowest BCUT2D eigenvalue weighted by Crippen LogP contribution is -2.32. The number of nitrogens with zero attached hydrogens (tertiary/aromatic N) is 3. The zero-order valence-corrected chi connectivity index (χ0v) is 17.7. The molecule has 0 bridgehead atoms. The highest BCUT2D eigenvalue weighted by Crippen LogP contribution is 2.34. The van der Waals surface area contributed by atoms with Gasteiger partial charge in [-0.05, 0) is 61.6 Å². The molecule has 1 saturated carbocycles. The number of carbonyl (C=O) groups excluding carboxylic acids is 1. The Labute approximate surface area is 184 Å². The molecule has 0 unspecified atom stereocenters. The number of carbonyl (C=O) groups is 1. The average molecular weight is 433 g/mol. The summed E-state index contributed by atoms with van der Waals surface area (Å²) in [5, 5.41) is 9.39. The number of nitriles is 1. The second-order valence-electron chi connectivity index (χ2n) is 8.28. The van der Waals surface area contributed by atoms with Gasteiger partial charge in [0.2, 0.25) is 6.79 Å². The van der Waals surface area contributed by atoms with Gasteiger partial charge in [0.05, 0.1) is 29.2 Å². The standard InChI is InChI=1S/C24H23N3O5/c1-15(28)32-19-6-4-18(5-7-19)27-20-8-2-16(12-25)10-21(20)26(24(27)29)13-17-3-9-22-23(11-17)31-14-30-22/h2-3,8-11,18-19H,4-7,13-14H2,1H3/t18-,19-. The summed E-state index contributed by atoms with van der Waals surface area (Å²) in [5.74, 6) is 1.09. The minimum Gasteiger partial charge on any atom is -0.463 e. The van der Waals surface area contributed by atoms with Crippen LogP contribution in [0.5, 0.6) is 11.5 Å². The molecule has 0 atom stereocenters. The van der Waals surface area contributed by atoms with Crippen molar-refractivity contribution in [3.63, 3.8) is 0 Å². The van der Waals surface area contributed by atoms with Crippen LogP contribution >= 0.6 is 0 Å². The second kappa shape index (κ2) is 8.08. The quantitative estimate of drug-likeness (QED) is 0.585. The number of imidazole rings is 1. The van der Waals surface area contributed by atoms with Crippen LogP contribution in [0.15, 0.2) is 41.2 Å². The molecule has 0 spiro atoms. The van der Waals surface area contributed by atoms with Crippen LogP contribution in [0.25, 0.3) is 11.0 Å². The normalized spacial score (nSPS) is 19.6. The van der Waals surface area contributed by atoms with Gasteiger partial charge in [0.25, 0.3) is 0 Å². The van der Waals surface area contributed by atoms with E-state index in [2.05, 4.69) is 6.07 Å². The Morgan fingerprint density at radius 2 is 1.88 bits per heavy atom. The fourth-order valence-corrected chi connectivity index (χ4v) is 4.73. The number of benzene rings is 2. The van der Waals surface area contributed by atoms with Crippen molar-refractivity contribution < 1.29 is 19.0 Å². The number of esters is 1. The van der Waals surface area contributed by atoms with Crippen molar-refractivity contribution in [1.29, 1.82) is 5.26 Å². The molecule has 1 aliphatic heterocycles. The van der Waals surface area contributed by atoms with Gasteiger partial charge in [-0.2, -0.15) is 5.26 Å². The Morgan fingerprint density at radius 1 is 1.09 bits per heavy atom. The molecule has 1 aromatic heterocycles. The summed E-state index contributed by atoms with van der Waals surface area (Å²) in [5.41, 5.74) is 2.85. The highest BCUT2D eigenvalue weighted by molar-refractivity contribution is 5.78. The largest absolute Gasteiger partial charge is 0.463 e. The molecular weight excluding hydrogens is 410 g/mol. The zero-order chi connectivity index (χ0) is 22.2. The molecule has 8 heteroatoms. The maximum Gasteiger partial charge on any atom is 0.329 e. The molecule has 0 saturated heterocycles. The molecule has 5 rings (SSSR count). The Bertz CT molecular complexity index is 1290. The molecule has 2 heterocycles. The van der Waals surface area contributed by atoms with E-state index >= 15 is 0 Å². The highest BCUT2D eigenvalue weighted by Gasteiger charge is 2.28. The maximum absolute atomic E-state index is 13.6. The molecule has 2 aromatic carbocycles. The van der Waals surface area contributed by atoms with Crippen molar-refractivity contribution in [3.05, 3.63) is 58.0 Å². The van der Waals surface area contributed by atoms with E-state index in [0.29, 0.717) is 23.6 Å². The van der Waals surface area contributed by atoms with Crippen molar-refractivity contribution in [2.24, 2.45) is 0 Å². The summed E-state index contributed by atoms with van der Waals surface area (Å²) in [6.45, 7) is 1.98. The third-order valence-corrected chi connectivity index (χ3v) is 6.21. The van der Waals surface area contributed by atoms with Crippen molar-refractivity contribution in [1.82, 2.24) is 9.13 Å². The average Bonchev–Trinajstić information content (AvgIpc) is 3.36. The first-order valence-electron chi connectivity index (χ1n) is 10.7. The third kappa shape index (κ3) is 3.60. The summed E-state index contributed by atoms with van der Waals surface area (Å²) in [7, 11) is 0. The van der Waals surface area contributed by atoms with E-state index < -0.39 is 0 Å². The fraction of sp³-hybridized carbons (Fsp3) is 0.375. The van der Waals surface area contributed by atoms with Crippen LogP contribution in [0.3, 0.4) is 0 Å². The third-order valence-electron chi connectivity index (χ3n) is 6.21. The summed E-state index contributed by atoms with van der Waals surface area (Å²) < 4.78 is 19.8. The lowest BCUT2D eigenvalue weighted by Gasteiger charge is -2.28. The summed E-state index contributed by atoms with van der Waals surface area (Å²) in [4.78, 5) is 24.9. The van der Waals surface area contributed by atoms with Crippen molar-refractivity contribution in [2.75, 3.05) is 6.79 Å². The van der Waals surface area contributed by atoms with Gasteiger partial charge >= 0.3 is 11.7 Å². The van der Waals surface area contributed by atoms with Crippen LogP contribution in [0.1, 0.15) is 49.8 Å². The van der Waals surface area contributed by atoms with Crippen LogP contribution in [0.2, 0.25) is 0 Å². The van der Waals surface area contributed by atoms with Gasteiger partial charge in [0.15, 0.2) is 11.5 Å². The SMILES string of the molecule is CC(=O)O[C@H]1CC[C@H](n2c(=O)n(Cc3ccc4c(c3)OCO4)c3cc(C#N)ccc32)CC1. The van der Waals surface area contributed by atoms with Gasteiger partial charge < -0.3 is 14.2 Å². The van der Waals surface area contributed by atoms with Crippen LogP contribution in [-0.4, -0.2) is 28.0 Å². The van der Waals surface area contributed by atoms with Gasteiger partial charge in [0, 0.05) is 13.0 Å². The van der Waals surface area contributed by atoms with E-state index in [1.165, 1.54) is 6.92 Å². The number of aromatic nitrogens is 2. The van der Waals surface area contributed by atoms with Gasteiger partial charge in [-0.1, -0.05) is 6.07 Å². The van der Waals surface area contributed by atoms with Crippen molar-refractivity contribution in [2.45, 2.75) is 51.3 Å². The Balaban J connectivity index is 1.52. The molecule has 1 fully saturated rings. The minimum absolute atomic E-state index is 0.0164. The number of rotatable bonds is 4. The highest BCUT2D eigenvalue weighted by atomic mass is 16.7. The molecule has 2 aliphatic rings. The van der Waals surface area contributed by atoms with E-state index in [4.69, 9.17) is 14.2 Å². The van der Waals surface area contributed by atoms with Crippen LogP contribution < -0.4 is 15.2 Å². The van der Waals surface area contributed by atoms with E-state index in [9.17, 15) is 14.9 Å². The number of hydrogen-bond acceptors (Lipinski definition) is 6. The summed E-state index contributed by atoms with van der Waals surface area (Å²) >= 11 is 0. The molecule has 8 nitrogen and oxygen atoms in total. The van der Waals surface area contributed by atoms with E-state index in [1.807, 2.05) is 28.8 Å². The predicted octanol–water partition coefficient (Wildman–Crippen LogP) is 3.50. The van der Waals surface area contributed by atoms with Crippen molar-refractivity contribution >= 4 is 17.0 Å². The molecule has 0 amide bonds. The van der Waals surface area contributed by atoms with Crippen LogP contribution in [0, 0.1) is 11.3 Å². The zero-order valence-electron chi connectivity index (χ0n) is 17.7. The van der Waals surface area contributed by atoms with Crippen molar-refractivity contribution in [3.8, 4) is 17.6 Å². The Hall–Kier alpha value is -3.73. The number of fused-ring (bicyclic) bond motifs is 2. The molecule has 0 radical (unpaired) electrons. The lowest BCUT2D eigenvalue weighted by molar-refractivity contribution is -0.148. The topological polar surface area (TPSA) is 95.5 Å². The van der Waals surface area contributed by atoms with Gasteiger partial charge in [-0.15, -0.1) is 0 Å². The molecule has 3 aromatic rings. The second-order valence-corrected chi connectivity index (χ2v) is 8.28. The Morgan fingerprint density at radius 3 is 2.62 bits per heavy atom.